The fourth-order valence-corrected chi connectivity index (χ4v) is 2.20. The van der Waals surface area contributed by atoms with Crippen LogP contribution in [0, 0.1) is 0 Å². The maximum absolute atomic E-state index is 5.17. The summed E-state index contributed by atoms with van der Waals surface area (Å²) in [5.41, 5.74) is 4.00. The Hall–Kier alpha value is -1.09. The summed E-state index contributed by atoms with van der Waals surface area (Å²) >= 11 is 0. The molecule has 1 aromatic rings. The molecule has 0 atom stereocenters. The van der Waals surface area contributed by atoms with Crippen molar-refractivity contribution in [2.24, 2.45) is 0 Å². The van der Waals surface area contributed by atoms with Gasteiger partial charge in [0, 0.05) is 19.3 Å². The van der Waals surface area contributed by atoms with Crippen LogP contribution < -0.4 is 5.32 Å². The minimum absolute atomic E-state index is 0.791. The predicted octanol–water partition coefficient (Wildman–Crippen LogP) is 2.19. The van der Waals surface area contributed by atoms with E-state index in [1.165, 1.54) is 23.2 Å². The Morgan fingerprint density at radius 2 is 2.38 bits per heavy atom. The SMILES string of the molecule is CCc1cc(CCOC)c2c(n1)NCCC2. The summed E-state index contributed by atoms with van der Waals surface area (Å²) in [6.07, 6.45) is 4.35. The van der Waals surface area contributed by atoms with Crippen LogP contribution >= 0.6 is 0 Å². The maximum Gasteiger partial charge on any atom is 0.129 e. The summed E-state index contributed by atoms with van der Waals surface area (Å²) in [4.78, 5) is 4.65. The topological polar surface area (TPSA) is 34.1 Å². The van der Waals surface area contributed by atoms with E-state index < -0.39 is 0 Å². The molecule has 1 aliphatic rings. The number of fused-ring (bicyclic) bond motifs is 1. The van der Waals surface area contributed by atoms with Crippen molar-refractivity contribution in [3.8, 4) is 0 Å². The Kier molecular flexibility index (Phi) is 3.78. The predicted molar refractivity (Wildman–Crippen MR) is 66.0 cm³/mol. The average Bonchev–Trinajstić information content (AvgIpc) is 2.35. The molecule has 0 saturated heterocycles. The molecule has 0 fully saturated rings. The molecule has 2 rings (SSSR count). The van der Waals surface area contributed by atoms with E-state index in [0.29, 0.717) is 0 Å². The Balaban J connectivity index is 2.31. The highest BCUT2D eigenvalue weighted by Gasteiger charge is 2.15. The fourth-order valence-electron chi connectivity index (χ4n) is 2.20. The summed E-state index contributed by atoms with van der Waals surface area (Å²) < 4.78 is 5.17. The van der Waals surface area contributed by atoms with Crippen molar-refractivity contribution in [3.05, 3.63) is 22.9 Å². The zero-order valence-corrected chi connectivity index (χ0v) is 10.2. The quantitative estimate of drug-likeness (QED) is 0.844. The third-order valence-corrected chi connectivity index (χ3v) is 3.10. The number of methoxy groups -OCH3 is 1. The molecule has 16 heavy (non-hydrogen) atoms. The lowest BCUT2D eigenvalue weighted by Gasteiger charge is -2.21. The standard InChI is InChI=1S/C13H20N2O/c1-3-11-9-10(6-8-16-2)12-5-4-7-14-13(12)15-11/h9H,3-8H2,1-2H3,(H,14,15). The van der Waals surface area contributed by atoms with Crippen molar-refractivity contribution in [2.45, 2.75) is 32.6 Å². The second-order valence-electron chi connectivity index (χ2n) is 4.23. The number of pyridine rings is 1. The molecule has 0 aliphatic carbocycles. The number of nitrogens with zero attached hydrogens (tertiary/aromatic N) is 1. The van der Waals surface area contributed by atoms with Crippen LogP contribution in [0.3, 0.4) is 0 Å². The Labute approximate surface area is 97.2 Å². The van der Waals surface area contributed by atoms with Crippen molar-refractivity contribution in [2.75, 3.05) is 25.6 Å². The Bertz CT molecular complexity index is 363. The molecule has 1 aromatic heterocycles. The van der Waals surface area contributed by atoms with E-state index >= 15 is 0 Å². The van der Waals surface area contributed by atoms with Crippen molar-refractivity contribution >= 4 is 5.82 Å². The van der Waals surface area contributed by atoms with Crippen molar-refractivity contribution in [1.29, 1.82) is 0 Å². The number of hydrogen-bond acceptors (Lipinski definition) is 3. The van der Waals surface area contributed by atoms with E-state index in [1.807, 2.05) is 0 Å². The first-order chi connectivity index (χ1) is 7.85. The normalized spacial score (nSPS) is 14.4. The van der Waals surface area contributed by atoms with Gasteiger partial charge in [0.1, 0.15) is 5.82 Å². The molecule has 3 heteroatoms. The summed E-state index contributed by atoms with van der Waals surface area (Å²) in [6.45, 7) is 3.99. The Morgan fingerprint density at radius 1 is 1.50 bits per heavy atom. The lowest BCUT2D eigenvalue weighted by molar-refractivity contribution is 0.202. The molecule has 3 nitrogen and oxygen atoms in total. The van der Waals surface area contributed by atoms with Gasteiger partial charge in [0.15, 0.2) is 0 Å². The van der Waals surface area contributed by atoms with Gasteiger partial charge in [-0.3, -0.25) is 0 Å². The van der Waals surface area contributed by atoms with Crippen LogP contribution in [0.5, 0.6) is 0 Å². The second kappa shape index (κ2) is 5.30. The molecule has 0 unspecified atom stereocenters. The lowest BCUT2D eigenvalue weighted by atomic mass is 9.98. The number of ether oxygens (including phenoxy) is 1. The van der Waals surface area contributed by atoms with Gasteiger partial charge in [-0.05, 0) is 42.9 Å². The van der Waals surface area contributed by atoms with Crippen molar-refractivity contribution < 1.29 is 4.74 Å². The molecular weight excluding hydrogens is 200 g/mol. The molecule has 88 valence electrons. The molecular formula is C13H20N2O. The summed E-state index contributed by atoms with van der Waals surface area (Å²) in [5, 5.41) is 3.40. The Morgan fingerprint density at radius 3 is 3.12 bits per heavy atom. The number of rotatable bonds is 4. The van der Waals surface area contributed by atoms with Gasteiger partial charge in [-0.1, -0.05) is 6.92 Å². The lowest BCUT2D eigenvalue weighted by Crippen LogP contribution is -2.17. The van der Waals surface area contributed by atoms with Crippen LogP contribution in [0.4, 0.5) is 5.82 Å². The highest BCUT2D eigenvalue weighted by molar-refractivity contribution is 5.51. The molecule has 2 heterocycles. The van der Waals surface area contributed by atoms with Crippen LogP contribution in [0.2, 0.25) is 0 Å². The zero-order valence-electron chi connectivity index (χ0n) is 10.2. The second-order valence-corrected chi connectivity index (χ2v) is 4.23. The smallest absolute Gasteiger partial charge is 0.129 e. The van der Waals surface area contributed by atoms with E-state index in [4.69, 9.17) is 4.74 Å². The van der Waals surface area contributed by atoms with E-state index in [9.17, 15) is 0 Å². The fraction of sp³-hybridized carbons (Fsp3) is 0.615. The van der Waals surface area contributed by atoms with Gasteiger partial charge in [0.2, 0.25) is 0 Å². The maximum atomic E-state index is 5.17. The van der Waals surface area contributed by atoms with E-state index in [1.54, 1.807) is 7.11 Å². The number of nitrogens with one attached hydrogen (secondary N) is 1. The van der Waals surface area contributed by atoms with Gasteiger partial charge < -0.3 is 10.1 Å². The number of hydrogen-bond donors (Lipinski definition) is 1. The highest BCUT2D eigenvalue weighted by atomic mass is 16.5. The van der Waals surface area contributed by atoms with Gasteiger partial charge in [-0.15, -0.1) is 0 Å². The average molecular weight is 220 g/mol. The van der Waals surface area contributed by atoms with Crippen LogP contribution in [0.15, 0.2) is 6.07 Å². The van der Waals surface area contributed by atoms with Crippen LogP contribution in [-0.2, 0) is 24.0 Å². The molecule has 0 saturated carbocycles. The molecule has 0 bridgehead atoms. The monoisotopic (exact) mass is 220 g/mol. The third kappa shape index (κ3) is 2.35. The van der Waals surface area contributed by atoms with Crippen molar-refractivity contribution in [1.82, 2.24) is 4.98 Å². The van der Waals surface area contributed by atoms with E-state index in [-0.39, 0.29) is 0 Å². The first kappa shape index (κ1) is 11.4. The number of anilines is 1. The number of aromatic nitrogens is 1. The molecule has 1 N–H and O–H groups in total. The first-order valence-electron chi connectivity index (χ1n) is 6.09. The minimum atomic E-state index is 0.791. The number of aryl methyl sites for hydroxylation is 1. The van der Waals surface area contributed by atoms with Crippen LogP contribution in [0.25, 0.3) is 0 Å². The molecule has 1 aliphatic heterocycles. The summed E-state index contributed by atoms with van der Waals surface area (Å²) in [6, 6.07) is 2.24. The van der Waals surface area contributed by atoms with Crippen LogP contribution in [-0.4, -0.2) is 25.2 Å². The molecule has 0 aromatic carbocycles. The van der Waals surface area contributed by atoms with Gasteiger partial charge >= 0.3 is 0 Å². The van der Waals surface area contributed by atoms with E-state index in [0.717, 1.165) is 38.2 Å². The first-order valence-corrected chi connectivity index (χ1v) is 6.09. The van der Waals surface area contributed by atoms with Gasteiger partial charge in [0.25, 0.3) is 0 Å². The molecule has 0 radical (unpaired) electrons. The highest BCUT2D eigenvalue weighted by Crippen LogP contribution is 2.25. The van der Waals surface area contributed by atoms with Crippen LogP contribution in [0.1, 0.15) is 30.2 Å². The zero-order chi connectivity index (χ0) is 11.4. The van der Waals surface area contributed by atoms with Crippen molar-refractivity contribution in [3.63, 3.8) is 0 Å². The third-order valence-electron chi connectivity index (χ3n) is 3.10. The largest absolute Gasteiger partial charge is 0.384 e. The molecule has 0 spiro atoms. The van der Waals surface area contributed by atoms with Gasteiger partial charge in [0.05, 0.1) is 6.61 Å². The summed E-state index contributed by atoms with van der Waals surface area (Å²) in [5.74, 6) is 1.11. The van der Waals surface area contributed by atoms with Gasteiger partial charge in [-0.2, -0.15) is 0 Å². The minimum Gasteiger partial charge on any atom is -0.384 e. The van der Waals surface area contributed by atoms with Gasteiger partial charge in [-0.25, -0.2) is 4.98 Å². The molecule has 0 amide bonds. The summed E-state index contributed by atoms with van der Waals surface area (Å²) in [7, 11) is 1.76. The van der Waals surface area contributed by atoms with E-state index in [2.05, 4.69) is 23.3 Å².